The highest BCUT2D eigenvalue weighted by Crippen LogP contribution is 2.25. The molecule has 0 spiro atoms. The van der Waals surface area contributed by atoms with Crippen molar-refractivity contribution in [2.75, 3.05) is 32.0 Å². The van der Waals surface area contributed by atoms with Crippen LogP contribution >= 0.6 is 0 Å². The summed E-state index contributed by atoms with van der Waals surface area (Å²) in [6, 6.07) is 12.2. The van der Waals surface area contributed by atoms with Gasteiger partial charge in [0.15, 0.2) is 5.78 Å². The second kappa shape index (κ2) is 9.34. The molecule has 9 nitrogen and oxygen atoms in total. The molecule has 2 amide bonds. The van der Waals surface area contributed by atoms with Gasteiger partial charge in [-0.25, -0.2) is 4.68 Å². The van der Waals surface area contributed by atoms with E-state index in [4.69, 9.17) is 10.5 Å². The number of nitrogens with zero attached hydrogens (tertiary/aromatic N) is 3. The normalized spacial score (nSPS) is 15.6. The fraction of sp³-hybridized carbons (Fsp3) is 0.308. The Kier molecular flexibility index (Phi) is 6.08. The average molecular weight is 474 g/mol. The Bertz CT molecular complexity index is 1300. The number of ether oxygens (including phenoxy) is 1. The predicted octanol–water partition coefficient (Wildman–Crippen LogP) is 2.36. The van der Waals surface area contributed by atoms with Crippen LogP contribution in [0.2, 0.25) is 0 Å². The van der Waals surface area contributed by atoms with Gasteiger partial charge in [0, 0.05) is 35.8 Å². The second-order valence-electron chi connectivity index (χ2n) is 8.92. The van der Waals surface area contributed by atoms with Crippen molar-refractivity contribution in [2.24, 2.45) is 0 Å². The van der Waals surface area contributed by atoms with Crippen molar-refractivity contribution in [1.29, 1.82) is 0 Å². The first-order valence-electron chi connectivity index (χ1n) is 11.7. The van der Waals surface area contributed by atoms with E-state index in [-0.39, 0.29) is 35.0 Å². The van der Waals surface area contributed by atoms with Gasteiger partial charge in [-0.15, -0.1) is 0 Å². The van der Waals surface area contributed by atoms with Gasteiger partial charge >= 0.3 is 0 Å². The Hall–Kier alpha value is -3.98. The minimum absolute atomic E-state index is 0.136. The van der Waals surface area contributed by atoms with Crippen molar-refractivity contribution >= 4 is 23.4 Å². The van der Waals surface area contributed by atoms with Gasteiger partial charge in [-0.05, 0) is 49.6 Å². The van der Waals surface area contributed by atoms with E-state index in [0.717, 1.165) is 18.4 Å². The number of nitrogens with two attached hydrogens (primary N) is 1. The monoisotopic (exact) mass is 473 g/mol. The molecule has 2 aromatic carbocycles. The van der Waals surface area contributed by atoms with Crippen LogP contribution in [0.3, 0.4) is 0 Å². The molecule has 1 saturated heterocycles. The van der Waals surface area contributed by atoms with Gasteiger partial charge in [-0.3, -0.25) is 14.4 Å². The molecule has 9 heteroatoms. The van der Waals surface area contributed by atoms with Crippen molar-refractivity contribution in [3.63, 3.8) is 0 Å². The summed E-state index contributed by atoms with van der Waals surface area (Å²) in [4.78, 5) is 40.4. The van der Waals surface area contributed by atoms with Gasteiger partial charge in [0.1, 0.15) is 5.82 Å². The Morgan fingerprint density at radius 3 is 2.51 bits per heavy atom. The molecule has 1 aliphatic heterocycles. The molecule has 2 heterocycles. The van der Waals surface area contributed by atoms with E-state index in [2.05, 4.69) is 10.4 Å². The number of anilines is 1. The number of amides is 2. The Labute approximate surface area is 202 Å². The van der Waals surface area contributed by atoms with Gasteiger partial charge in [0.05, 0.1) is 30.7 Å². The number of nitrogen functional groups attached to an aromatic ring is 1. The number of carbonyl (C=O) groups excluding carboxylic acids is 3. The first kappa shape index (κ1) is 22.8. The molecule has 0 radical (unpaired) electrons. The molecule has 3 N–H and O–H groups in total. The number of rotatable bonds is 6. The van der Waals surface area contributed by atoms with Crippen molar-refractivity contribution in [2.45, 2.75) is 25.8 Å². The SMILES string of the molecule is Cc1ccc(C(=O)NC2CC2)cc1-n1ncc(C(=O)c2cccc(C(=O)N3CCOCC3)c2)c1N. The smallest absolute Gasteiger partial charge is 0.254 e. The van der Waals surface area contributed by atoms with E-state index in [1.54, 1.807) is 41.3 Å². The number of aromatic nitrogens is 2. The summed E-state index contributed by atoms with van der Waals surface area (Å²) in [6.45, 7) is 3.94. The summed E-state index contributed by atoms with van der Waals surface area (Å²) < 4.78 is 6.78. The molecular weight excluding hydrogens is 446 g/mol. The zero-order valence-corrected chi connectivity index (χ0v) is 19.5. The topological polar surface area (TPSA) is 120 Å². The van der Waals surface area contributed by atoms with Crippen LogP contribution in [0.1, 0.15) is 55.0 Å². The second-order valence-corrected chi connectivity index (χ2v) is 8.92. The van der Waals surface area contributed by atoms with E-state index in [1.807, 2.05) is 13.0 Å². The molecule has 0 unspecified atom stereocenters. The third kappa shape index (κ3) is 4.67. The molecule has 1 aliphatic carbocycles. The molecule has 35 heavy (non-hydrogen) atoms. The van der Waals surface area contributed by atoms with Crippen LogP contribution in [-0.4, -0.2) is 64.6 Å². The number of nitrogens with one attached hydrogen (secondary N) is 1. The van der Waals surface area contributed by atoms with Crippen molar-refractivity contribution in [1.82, 2.24) is 20.0 Å². The van der Waals surface area contributed by atoms with Gasteiger partial charge in [0.25, 0.3) is 11.8 Å². The zero-order valence-electron chi connectivity index (χ0n) is 19.5. The first-order valence-corrected chi connectivity index (χ1v) is 11.7. The Balaban J connectivity index is 1.41. The maximum absolute atomic E-state index is 13.3. The highest BCUT2D eigenvalue weighted by Gasteiger charge is 2.25. The minimum atomic E-state index is -0.328. The standard InChI is InChI=1S/C26H27N5O4/c1-16-5-6-18(25(33)29-20-7-8-20)14-22(16)31-24(27)21(15-28-31)23(32)17-3-2-4-19(13-17)26(34)30-9-11-35-12-10-30/h2-6,13-15,20H,7-12,27H2,1H3,(H,29,33). The quantitative estimate of drug-likeness (QED) is 0.531. The predicted molar refractivity (Wildman–Crippen MR) is 130 cm³/mol. The summed E-state index contributed by atoms with van der Waals surface area (Å²) in [5.41, 5.74) is 9.38. The largest absolute Gasteiger partial charge is 0.383 e. The lowest BCUT2D eigenvalue weighted by atomic mass is 10.0. The van der Waals surface area contributed by atoms with Gasteiger partial charge < -0.3 is 20.7 Å². The fourth-order valence-corrected chi connectivity index (χ4v) is 4.10. The van der Waals surface area contributed by atoms with Crippen LogP contribution in [0, 0.1) is 6.92 Å². The lowest BCUT2D eigenvalue weighted by molar-refractivity contribution is 0.0303. The van der Waals surface area contributed by atoms with Crippen LogP contribution in [0.5, 0.6) is 0 Å². The number of benzene rings is 2. The number of aryl methyl sites for hydroxylation is 1. The minimum Gasteiger partial charge on any atom is -0.383 e. The van der Waals surface area contributed by atoms with Crippen molar-refractivity contribution < 1.29 is 19.1 Å². The first-order chi connectivity index (χ1) is 16.9. The highest BCUT2D eigenvalue weighted by atomic mass is 16.5. The summed E-state index contributed by atoms with van der Waals surface area (Å²) in [5, 5.41) is 7.32. The van der Waals surface area contributed by atoms with E-state index in [1.165, 1.54) is 10.9 Å². The fourth-order valence-electron chi connectivity index (χ4n) is 4.10. The van der Waals surface area contributed by atoms with Crippen molar-refractivity contribution in [3.8, 4) is 5.69 Å². The molecule has 0 atom stereocenters. The molecule has 1 aromatic heterocycles. The van der Waals surface area contributed by atoms with E-state index in [9.17, 15) is 14.4 Å². The van der Waals surface area contributed by atoms with Crippen molar-refractivity contribution in [3.05, 3.63) is 76.5 Å². The lowest BCUT2D eigenvalue weighted by Crippen LogP contribution is -2.40. The van der Waals surface area contributed by atoms with E-state index >= 15 is 0 Å². The third-order valence-corrected chi connectivity index (χ3v) is 6.33. The molecule has 1 saturated carbocycles. The number of morpholine rings is 1. The molecule has 5 rings (SSSR count). The maximum atomic E-state index is 13.3. The van der Waals surface area contributed by atoms with Crippen LogP contribution in [0.25, 0.3) is 5.69 Å². The summed E-state index contributed by atoms with van der Waals surface area (Å²) >= 11 is 0. The van der Waals surface area contributed by atoms with E-state index in [0.29, 0.717) is 48.7 Å². The third-order valence-electron chi connectivity index (χ3n) is 6.33. The van der Waals surface area contributed by atoms with E-state index < -0.39 is 0 Å². The highest BCUT2D eigenvalue weighted by molar-refractivity contribution is 6.12. The lowest BCUT2D eigenvalue weighted by Gasteiger charge is -2.26. The van der Waals surface area contributed by atoms with Crippen LogP contribution in [0.15, 0.2) is 48.7 Å². The molecule has 2 fully saturated rings. The number of hydrogen-bond acceptors (Lipinski definition) is 6. The van der Waals surface area contributed by atoms with Gasteiger partial charge in [-0.1, -0.05) is 18.2 Å². The molecular formula is C26H27N5O4. The zero-order chi connectivity index (χ0) is 24.5. The molecule has 180 valence electrons. The Morgan fingerprint density at radius 1 is 1.03 bits per heavy atom. The average Bonchev–Trinajstić information content (AvgIpc) is 3.62. The Morgan fingerprint density at radius 2 is 1.77 bits per heavy atom. The van der Waals surface area contributed by atoms with Crippen LogP contribution in [-0.2, 0) is 4.74 Å². The summed E-state index contributed by atoms with van der Waals surface area (Å²) in [7, 11) is 0. The van der Waals surface area contributed by atoms with Crippen LogP contribution < -0.4 is 11.1 Å². The maximum Gasteiger partial charge on any atom is 0.254 e. The van der Waals surface area contributed by atoms with Gasteiger partial charge in [-0.2, -0.15) is 5.10 Å². The molecule has 3 aromatic rings. The molecule has 0 bridgehead atoms. The van der Waals surface area contributed by atoms with Gasteiger partial charge in [0.2, 0.25) is 0 Å². The van der Waals surface area contributed by atoms with Crippen LogP contribution in [0.4, 0.5) is 5.82 Å². The molecule has 2 aliphatic rings. The number of ketones is 1. The number of carbonyl (C=O) groups is 3. The number of hydrogen-bond donors (Lipinski definition) is 2. The summed E-state index contributed by atoms with van der Waals surface area (Å²) in [5.74, 6) is -0.436. The summed E-state index contributed by atoms with van der Waals surface area (Å²) in [6.07, 6.45) is 3.42.